The third kappa shape index (κ3) is 2.03. The molecule has 1 saturated carbocycles. The summed E-state index contributed by atoms with van der Waals surface area (Å²) in [7, 11) is 0. The minimum atomic E-state index is 0.398. The zero-order valence-electron chi connectivity index (χ0n) is 11.2. The van der Waals surface area contributed by atoms with Crippen LogP contribution in [0.5, 0.6) is 0 Å². The Bertz CT molecular complexity index is 523. The highest BCUT2D eigenvalue weighted by molar-refractivity contribution is 5.77. The normalized spacial score (nSPS) is 24.6. The van der Waals surface area contributed by atoms with Gasteiger partial charge in [0.1, 0.15) is 5.82 Å². The van der Waals surface area contributed by atoms with Crippen LogP contribution in [0.25, 0.3) is 11.0 Å². The lowest BCUT2D eigenvalue weighted by molar-refractivity contribution is 0.386. The van der Waals surface area contributed by atoms with E-state index in [1.165, 1.54) is 29.5 Å². The Kier molecular flexibility index (Phi) is 2.86. The second-order valence-corrected chi connectivity index (χ2v) is 5.69. The maximum atomic E-state index is 5.96. The van der Waals surface area contributed by atoms with Gasteiger partial charge in [0, 0.05) is 12.0 Å². The van der Waals surface area contributed by atoms with Gasteiger partial charge in [-0.15, -0.1) is 0 Å². The highest BCUT2D eigenvalue weighted by Crippen LogP contribution is 2.32. The Labute approximate surface area is 108 Å². The first-order valence-corrected chi connectivity index (χ1v) is 6.86. The van der Waals surface area contributed by atoms with E-state index in [0.717, 1.165) is 24.2 Å². The molecule has 0 saturated heterocycles. The van der Waals surface area contributed by atoms with E-state index < -0.39 is 0 Å². The number of aromatic amines is 1. The predicted octanol–water partition coefficient (Wildman–Crippen LogP) is 3.16. The molecule has 1 aromatic carbocycles. The number of hydrogen-bond acceptors (Lipinski definition) is 2. The van der Waals surface area contributed by atoms with Gasteiger partial charge in [0.2, 0.25) is 0 Å². The van der Waals surface area contributed by atoms with E-state index in [9.17, 15) is 0 Å². The molecule has 1 heterocycles. The van der Waals surface area contributed by atoms with Crippen molar-refractivity contribution in [2.45, 2.75) is 51.5 Å². The zero-order valence-corrected chi connectivity index (χ0v) is 11.2. The van der Waals surface area contributed by atoms with Crippen molar-refractivity contribution in [3.05, 3.63) is 29.1 Å². The Morgan fingerprint density at radius 3 is 2.50 bits per heavy atom. The van der Waals surface area contributed by atoms with Crippen molar-refractivity contribution in [2.24, 2.45) is 5.73 Å². The van der Waals surface area contributed by atoms with Crippen LogP contribution in [-0.2, 0) is 0 Å². The van der Waals surface area contributed by atoms with Gasteiger partial charge in [-0.1, -0.05) is 0 Å². The standard InChI is InChI=1S/C15H21N3/c1-9-7-13-14(8-10(9)2)18-15(17-13)11-3-5-12(16)6-4-11/h7-8,11-12H,3-6,16H2,1-2H3,(H,17,18). The molecule has 3 heteroatoms. The van der Waals surface area contributed by atoms with Crippen LogP contribution in [0.15, 0.2) is 12.1 Å². The minimum Gasteiger partial charge on any atom is -0.342 e. The summed E-state index contributed by atoms with van der Waals surface area (Å²) in [4.78, 5) is 8.26. The zero-order chi connectivity index (χ0) is 12.7. The average molecular weight is 243 g/mol. The molecule has 1 fully saturated rings. The fraction of sp³-hybridized carbons (Fsp3) is 0.533. The molecule has 3 nitrogen and oxygen atoms in total. The first-order valence-electron chi connectivity index (χ1n) is 6.86. The lowest BCUT2D eigenvalue weighted by Crippen LogP contribution is -2.26. The van der Waals surface area contributed by atoms with Crippen molar-refractivity contribution in [1.82, 2.24) is 9.97 Å². The lowest BCUT2D eigenvalue weighted by atomic mass is 9.86. The van der Waals surface area contributed by atoms with E-state index in [1.54, 1.807) is 0 Å². The molecule has 1 aliphatic rings. The van der Waals surface area contributed by atoms with Crippen LogP contribution >= 0.6 is 0 Å². The topological polar surface area (TPSA) is 54.7 Å². The van der Waals surface area contributed by atoms with Crippen LogP contribution in [-0.4, -0.2) is 16.0 Å². The second-order valence-electron chi connectivity index (χ2n) is 5.69. The van der Waals surface area contributed by atoms with Gasteiger partial charge in [-0.2, -0.15) is 0 Å². The van der Waals surface area contributed by atoms with E-state index in [-0.39, 0.29) is 0 Å². The number of H-pyrrole nitrogens is 1. The van der Waals surface area contributed by atoms with Crippen molar-refractivity contribution in [1.29, 1.82) is 0 Å². The second kappa shape index (κ2) is 4.39. The summed E-state index contributed by atoms with van der Waals surface area (Å²) in [6.07, 6.45) is 4.58. The fourth-order valence-electron chi connectivity index (χ4n) is 2.88. The molecule has 18 heavy (non-hydrogen) atoms. The van der Waals surface area contributed by atoms with Crippen LogP contribution in [0.3, 0.4) is 0 Å². The molecule has 0 bridgehead atoms. The van der Waals surface area contributed by atoms with Gasteiger partial charge in [-0.3, -0.25) is 0 Å². The number of imidazole rings is 1. The molecule has 1 aromatic heterocycles. The van der Waals surface area contributed by atoms with E-state index in [4.69, 9.17) is 10.7 Å². The Morgan fingerprint density at radius 2 is 1.78 bits per heavy atom. The molecular weight excluding hydrogens is 222 g/mol. The van der Waals surface area contributed by atoms with Crippen LogP contribution in [0, 0.1) is 13.8 Å². The highest BCUT2D eigenvalue weighted by Gasteiger charge is 2.22. The van der Waals surface area contributed by atoms with Gasteiger partial charge in [-0.25, -0.2) is 4.98 Å². The van der Waals surface area contributed by atoms with Crippen LogP contribution < -0.4 is 5.73 Å². The first-order chi connectivity index (χ1) is 8.63. The Morgan fingerprint density at radius 1 is 1.11 bits per heavy atom. The van der Waals surface area contributed by atoms with Gasteiger partial charge >= 0.3 is 0 Å². The summed E-state index contributed by atoms with van der Waals surface area (Å²) < 4.78 is 0. The van der Waals surface area contributed by atoms with E-state index in [1.807, 2.05) is 0 Å². The number of benzene rings is 1. The molecule has 96 valence electrons. The highest BCUT2D eigenvalue weighted by atomic mass is 14.9. The summed E-state index contributed by atoms with van der Waals surface area (Å²) in [5, 5.41) is 0. The van der Waals surface area contributed by atoms with Crippen molar-refractivity contribution in [3.8, 4) is 0 Å². The summed E-state index contributed by atoms with van der Waals surface area (Å²) in [5.74, 6) is 1.72. The quantitative estimate of drug-likeness (QED) is 0.808. The van der Waals surface area contributed by atoms with Crippen molar-refractivity contribution >= 4 is 11.0 Å². The summed E-state index contributed by atoms with van der Waals surface area (Å²) >= 11 is 0. The van der Waals surface area contributed by atoms with Crippen LogP contribution in [0.2, 0.25) is 0 Å². The van der Waals surface area contributed by atoms with Crippen molar-refractivity contribution < 1.29 is 0 Å². The molecule has 0 radical (unpaired) electrons. The first kappa shape index (κ1) is 11.7. The number of nitrogens with zero attached hydrogens (tertiary/aromatic N) is 1. The molecule has 0 unspecified atom stereocenters. The van der Waals surface area contributed by atoms with Gasteiger partial charge in [0.25, 0.3) is 0 Å². The van der Waals surface area contributed by atoms with Gasteiger partial charge < -0.3 is 10.7 Å². The summed E-state index contributed by atoms with van der Waals surface area (Å²) in [5.41, 5.74) is 10.9. The third-order valence-corrected chi connectivity index (χ3v) is 4.27. The number of hydrogen-bond donors (Lipinski definition) is 2. The monoisotopic (exact) mass is 243 g/mol. The number of aryl methyl sites for hydroxylation is 2. The number of aromatic nitrogens is 2. The molecule has 0 atom stereocenters. The summed E-state index contributed by atoms with van der Waals surface area (Å²) in [6, 6.07) is 4.78. The largest absolute Gasteiger partial charge is 0.342 e. The Balaban J connectivity index is 1.93. The molecule has 2 aromatic rings. The molecule has 3 N–H and O–H groups in total. The van der Waals surface area contributed by atoms with E-state index in [0.29, 0.717) is 12.0 Å². The van der Waals surface area contributed by atoms with Gasteiger partial charge in [0.15, 0.2) is 0 Å². The van der Waals surface area contributed by atoms with Crippen LogP contribution in [0.1, 0.15) is 48.6 Å². The number of rotatable bonds is 1. The third-order valence-electron chi connectivity index (χ3n) is 4.27. The SMILES string of the molecule is Cc1cc2nc(C3CCC(N)CC3)[nH]c2cc1C. The van der Waals surface area contributed by atoms with Crippen molar-refractivity contribution in [3.63, 3.8) is 0 Å². The maximum absolute atomic E-state index is 5.96. The van der Waals surface area contributed by atoms with Crippen LogP contribution in [0.4, 0.5) is 0 Å². The van der Waals surface area contributed by atoms with E-state index >= 15 is 0 Å². The van der Waals surface area contributed by atoms with Gasteiger partial charge in [0.05, 0.1) is 11.0 Å². The molecule has 3 rings (SSSR count). The molecule has 0 spiro atoms. The average Bonchev–Trinajstić information content (AvgIpc) is 2.73. The van der Waals surface area contributed by atoms with Crippen molar-refractivity contribution in [2.75, 3.05) is 0 Å². The van der Waals surface area contributed by atoms with Gasteiger partial charge in [-0.05, 0) is 62.8 Å². The maximum Gasteiger partial charge on any atom is 0.110 e. The number of fused-ring (bicyclic) bond motifs is 1. The summed E-state index contributed by atoms with van der Waals surface area (Å²) in [6.45, 7) is 4.29. The fourth-order valence-corrected chi connectivity index (χ4v) is 2.88. The number of nitrogens with two attached hydrogens (primary N) is 1. The predicted molar refractivity (Wildman–Crippen MR) is 74.8 cm³/mol. The lowest BCUT2D eigenvalue weighted by Gasteiger charge is -2.24. The molecule has 0 amide bonds. The van der Waals surface area contributed by atoms with E-state index in [2.05, 4.69) is 31.0 Å². The minimum absolute atomic E-state index is 0.398. The Hall–Kier alpha value is -1.35. The number of nitrogens with one attached hydrogen (secondary N) is 1. The smallest absolute Gasteiger partial charge is 0.110 e. The molecular formula is C15H21N3. The molecule has 1 aliphatic carbocycles. The molecule has 0 aliphatic heterocycles.